The minimum Gasteiger partial charge on any atom is -0.493 e. The van der Waals surface area contributed by atoms with Crippen LogP contribution in [0.2, 0.25) is 0 Å². The molecular formula is C22H22FN3O3. The van der Waals surface area contributed by atoms with Gasteiger partial charge in [0.25, 0.3) is 0 Å². The number of imidazole rings is 1. The van der Waals surface area contributed by atoms with E-state index >= 15 is 0 Å². The molecule has 0 aliphatic carbocycles. The van der Waals surface area contributed by atoms with Gasteiger partial charge in [-0.2, -0.15) is 0 Å². The van der Waals surface area contributed by atoms with E-state index in [9.17, 15) is 9.18 Å². The molecule has 3 aromatic rings. The second kappa shape index (κ2) is 9.54. The molecule has 1 amide bonds. The van der Waals surface area contributed by atoms with Gasteiger partial charge >= 0.3 is 0 Å². The highest BCUT2D eigenvalue weighted by Gasteiger charge is 2.07. The van der Waals surface area contributed by atoms with E-state index < -0.39 is 5.82 Å². The number of ether oxygens (including phenoxy) is 2. The van der Waals surface area contributed by atoms with Crippen LogP contribution in [0.15, 0.2) is 61.2 Å². The van der Waals surface area contributed by atoms with Crippen molar-refractivity contribution >= 4 is 17.7 Å². The Morgan fingerprint density at radius 3 is 2.79 bits per heavy atom. The molecule has 0 unspecified atom stereocenters. The summed E-state index contributed by atoms with van der Waals surface area (Å²) in [6.07, 6.45) is 8.64. The Balaban J connectivity index is 1.66. The highest BCUT2D eigenvalue weighted by Crippen LogP contribution is 2.28. The van der Waals surface area contributed by atoms with E-state index in [4.69, 9.17) is 9.47 Å². The van der Waals surface area contributed by atoms with Crippen molar-refractivity contribution in [2.24, 2.45) is 0 Å². The molecule has 0 bridgehead atoms. The van der Waals surface area contributed by atoms with E-state index in [1.807, 2.05) is 13.0 Å². The molecule has 1 heterocycles. The van der Waals surface area contributed by atoms with Crippen molar-refractivity contribution < 1.29 is 18.7 Å². The zero-order chi connectivity index (χ0) is 20.6. The summed E-state index contributed by atoms with van der Waals surface area (Å²) in [5.41, 5.74) is 1.50. The topological polar surface area (TPSA) is 65.4 Å². The number of aromatic nitrogens is 2. The first-order chi connectivity index (χ1) is 14.1. The van der Waals surface area contributed by atoms with Crippen molar-refractivity contribution in [2.75, 3.05) is 19.0 Å². The molecule has 0 spiro atoms. The lowest BCUT2D eigenvalue weighted by Gasteiger charge is -2.10. The van der Waals surface area contributed by atoms with Gasteiger partial charge in [-0.15, -0.1) is 0 Å². The Morgan fingerprint density at radius 2 is 2.10 bits per heavy atom. The van der Waals surface area contributed by atoms with E-state index in [2.05, 4.69) is 10.3 Å². The number of nitrogens with zero attached hydrogens (tertiary/aromatic N) is 2. The van der Waals surface area contributed by atoms with E-state index in [-0.39, 0.29) is 5.91 Å². The van der Waals surface area contributed by atoms with Crippen LogP contribution in [0.1, 0.15) is 18.9 Å². The van der Waals surface area contributed by atoms with E-state index in [0.29, 0.717) is 29.5 Å². The minimum atomic E-state index is -0.461. The molecule has 0 saturated heterocycles. The van der Waals surface area contributed by atoms with Crippen LogP contribution in [-0.2, 0) is 4.79 Å². The van der Waals surface area contributed by atoms with Crippen molar-refractivity contribution in [3.63, 3.8) is 0 Å². The quantitative estimate of drug-likeness (QED) is 0.572. The normalized spacial score (nSPS) is 10.9. The average Bonchev–Trinajstić information content (AvgIpc) is 3.25. The first-order valence-electron chi connectivity index (χ1n) is 9.18. The molecule has 1 N–H and O–H groups in total. The van der Waals surface area contributed by atoms with Gasteiger partial charge in [-0.05, 0) is 48.4 Å². The molecule has 1 aromatic heterocycles. The van der Waals surface area contributed by atoms with Gasteiger partial charge in [0.1, 0.15) is 5.82 Å². The highest BCUT2D eigenvalue weighted by atomic mass is 19.1. The van der Waals surface area contributed by atoms with Crippen molar-refractivity contribution in [1.29, 1.82) is 0 Å². The summed E-state index contributed by atoms with van der Waals surface area (Å²) in [4.78, 5) is 16.1. The number of methoxy groups -OCH3 is 1. The second-order valence-corrected chi connectivity index (χ2v) is 6.22. The summed E-state index contributed by atoms with van der Waals surface area (Å²) in [7, 11) is 1.57. The summed E-state index contributed by atoms with van der Waals surface area (Å²) in [6, 6.07) is 9.90. The number of carbonyl (C=O) groups excluding carboxylic acids is 1. The first kappa shape index (κ1) is 20.1. The van der Waals surface area contributed by atoms with Crippen molar-refractivity contribution in [3.8, 4) is 17.2 Å². The maximum atomic E-state index is 14.3. The van der Waals surface area contributed by atoms with E-state index in [1.165, 1.54) is 18.5 Å². The number of carbonyl (C=O) groups is 1. The third-order valence-electron chi connectivity index (χ3n) is 4.07. The third-order valence-corrected chi connectivity index (χ3v) is 4.07. The Labute approximate surface area is 168 Å². The van der Waals surface area contributed by atoms with Crippen molar-refractivity contribution in [3.05, 3.63) is 72.6 Å². The summed E-state index contributed by atoms with van der Waals surface area (Å²) in [5, 5.41) is 2.65. The second-order valence-electron chi connectivity index (χ2n) is 6.22. The zero-order valence-electron chi connectivity index (χ0n) is 16.3. The van der Waals surface area contributed by atoms with Gasteiger partial charge in [-0.1, -0.05) is 13.0 Å². The smallest absolute Gasteiger partial charge is 0.248 e. The summed E-state index contributed by atoms with van der Waals surface area (Å²) in [6.45, 7) is 2.63. The number of rotatable bonds is 8. The molecule has 0 saturated carbocycles. The summed E-state index contributed by atoms with van der Waals surface area (Å²) >= 11 is 0. The predicted octanol–water partition coefficient (Wildman–Crippen LogP) is 4.46. The van der Waals surface area contributed by atoms with Crippen LogP contribution < -0.4 is 14.8 Å². The summed E-state index contributed by atoms with van der Waals surface area (Å²) in [5.74, 6) is 0.421. The number of hydrogen-bond donors (Lipinski definition) is 1. The molecule has 2 aromatic carbocycles. The molecule has 150 valence electrons. The monoisotopic (exact) mass is 395 g/mol. The standard InChI is InChI=1S/C22H22FN3O3/c1-3-12-29-20-8-4-16(13-21(20)28-2)5-9-22(27)25-17-6-7-19(18(23)14-17)26-11-10-24-15-26/h4-11,13-15H,3,12H2,1-2H3,(H,25,27)/b9-5+. The van der Waals surface area contributed by atoms with Crippen LogP contribution in [0.5, 0.6) is 11.5 Å². The number of amides is 1. The third kappa shape index (κ3) is 5.22. The summed E-state index contributed by atoms with van der Waals surface area (Å²) < 4.78 is 26.8. The van der Waals surface area contributed by atoms with Crippen LogP contribution in [-0.4, -0.2) is 29.2 Å². The molecule has 3 rings (SSSR count). The number of nitrogens with one attached hydrogen (secondary N) is 1. The first-order valence-corrected chi connectivity index (χ1v) is 9.18. The lowest BCUT2D eigenvalue weighted by Crippen LogP contribution is -2.08. The number of benzene rings is 2. The number of anilines is 1. The lowest BCUT2D eigenvalue weighted by atomic mass is 10.2. The molecule has 6 nitrogen and oxygen atoms in total. The van der Waals surface area contributed by atoms with Gasteiger partial charge < -0.3 is 19.4 Å². The Hall–Kier alpha value is -3.61. The van der Waals surface area contributed by atoms with Crippen molar-refractivity contribution in [2.45, 2.75) is 13.3 Å². The Kier molecular flexibility index (Phi) is 6.63. The predicted molar refractivity (Wildman–Crippen MR) is 110 cm³/mol. The van der Waals surface area contributed by atoms with Gasteiger partial charge in [0, 0.05) is 24.2 Å². The van der Waals surface area contributed by atoms with Crippen LogP contribution in [0.4, 0.5) is 10.1 Å². The fraction of sp³-hybridized carbons (Fsp3) is 0.182. The van der Waals surface area contributed by atoms with Gasteiger partial charge in [0.15, 0.2) is 11.5 Å². The molecular weight excluding hydrogens is 373 g/mol. The molecule has 0 aliphatic rings. The minimum absolute atomic E-state index is 0.355. The van der Waals surface area contributed by atoms with Crippen LogP contribution >= 0.6 is 0 Å². The zero-order valence-corrected chi connectivity index (χ0v) is 16.3. The fourth-order valence-electron chi connectivity index (χ4n) is 2.67. The lowest BCUT2D eigenvalue weighted by molar-refractivity contribution is -0.111. The maximum absolute atomic E-state index is 14.3. The number of halogens is 1. The fourth-order valence-corrected chi connectivity index (χ4v) is 2.67. The number of hydrogen-bond acceptors (Lipinski definition) is 4. The van der Waals surface area contributed by atoms with E-state index in [1.54, 1.807) is 54.4 Å². The molecule has 7 heteroatoms. The van der Waals surface area contributed by atoms with Gasteiger partial charge in [0.05, 0.1) is 25.7 Å². The van der Waals surface area contributed by atoms with E-state index in [0.717, 1.165) is 12.0 Å². The average molecular weight is 395 g/mol. The Morgan fingerprint density at radius 1 is 1.24 bits per heavy atom. The maximum Gasteiger partial charge on any atom is 0.248 e. The molecule has 0 radical (unpaired) electrons. The van der Waals surface area contributed by atoms with Crippen LogP contribution in [0.3, 0.4) is 0 Å². The van der Waals surface area contributed by atoms with Crippen LogP contribution in [0, 0.1) is 5.82 Å². The molecule has 0 fully saturated rings. The SMILES string of the molecule is CCCOc1ccc(/C=C/C(=O)Nc2ccc(-n3ccnc3)c(F)c2)cc1OC. The van der Waals surface area contributed by atoms with Gasteiger partial charge in [0.2, 0.25) is 5.91 Å². The molecule has 0 atom stereocenters. The van der Waals surface area contributed by atoms with Gasteiger partial charge in [-0.25, -0.2) is 9.37 Å². The Bertz CT molecular complexity index is 1000. The molecule has 0 aliphatic heterocycles. The molecule has 29 heavy (non-hydrogen) atoms. The highest BCUT2D eigenvalue weighted by molar-refractivity contribution is 6.02. The van der Waals surface area contributed by atoms with Crippen LogP contribution in [0.25, 0.3) is 11.8 Å². The largest absolute Gasteiger partial charge is 0.493 e. The van der Waals surface area contributed by atoms with Crippen molar-refractivity contribution in [1.82, 2.24) is 9.55 Å². The van der Waals surface area contributed by atoms with Gasteiger partial charge in [-0.3, -0.25) is 4.79 Å².